The van der Waals surface area contributed by atoms with Gasteiger partial charge in [-0.15, -0.1) is 0 Å². The lowest BCUT2D eigenvalue weighted by atomic mass is 9.87. The van der Waals surface area contributed by atoms with E-state index >= 15 is 0 Å². The van der Waals surface area contributed by atoms with Gasteiger partial charge in [-0.3, -0.25) is 4.79 Å². The SMILES string of the molecule is CCOc1cc(/C=C(\C#N)C(=O)Nc2ccc(C(C)(C)C)cc2)c(Br)cc1OCc1ccccc1Cl. The summed E-state index contributed by atoms with van der Waals surface area (Å²) in [6.45, 7) is 8.93. The monoisotopic (exact) mass is 566 g/mol. The van der Waals surface area contributed by atoms with Crippen molar-refractivity contribution in [1.29, 1.82) is 5.26 Å². The average molecular weight is 568 g/mol. The molecule has 0 radical (unpaired) electrons. The number of nitrogens with zero attached hydrogens (tertiary/aromatic N) is 1. The third kappa shape index (κ3) is 7.13. The van der Waals surface area contributed by atoms with Crippen molar-refractivity contribution in [2.24, 2.45) is 0 Å². The molecule has 0 fully saturated rings. The first kappa shape index (κ1) is 27.3. The molecule has 3 rings (SSSR count). The summed E-state index contributed by atoms with van der Waals surface area (Å²) in [6, 6.07) is 20.5. The maximum absolute atomic E-state index is 12.8. The van der Waals surface area contributed by atoms with Crippen LogP contribution in [0.3, 0.4) is 0 Å². The number of nitriles is 1. The molecular formula is C29H28BrClN2O3. The van der Waals surface area contributed by atoms with E-state index in [1.54, 1.807) is 18.2 Å². The molecule has 0 saturated carbocycles. The fraction of sp³-hybridized carbons (Fsp3) is 0.241. The topological polar surface area (TPSA) is 71.3 Å². The van der Waals surface area contributed by atoms with Crippen molar-refractivity contribution in [2.45, 2.75) is 39.7 Å². The van der Waals surface area contributed by atoms with Crippen molar-refractivity contribution >= 4 is 45.2 Å². The lowest BCUT2D eigenvalue weighted by Gasteiger charge is -2.19. The molecule has 5 nitrogen and oxygen atoms in total. The van der Waals surface area contributed by atoms with Crippen molar-refractivity contribution in [3.63, 3.8) is 0 Å². The Bertz CT molecular complexity index is 1310. The van der Waals surface area contributed by atoms with Gasteiger partial charge < -0.3 is 14.8 Å². The smallest absolute Gasteiger partial charge is 0.266 e. The van der Waals surface area contributed by atoms with Gasteiger partial charge in [0.05, 0.1) is 6.61 Å². The molecule has 0 heterocycles. The number of carbonyl (C=O) groups is 1. The average Bonchev–Trinajstić information content (AvgIpc) is 2.83. The van der Waals surface area contributed by atoms with Crippen molar-refractivity contribution in [1.82, 2.24) is 0 Å². The summed E-state index contributed by atoms with van der Waals surface area (Å²) in [5.41, 5.74) is 3.20. The number of halogens is 2. The van der Waals surface area contributed by atoms with Crippen molar-refractivity contribution < 1.29 is 14.3 Å². The second-order valence-corrected chi connectivity index (χ2v) is 10.3. The van der Waals surface area contributed by atoms with Gasteiger partial charge in [-0.25, -0.2) is 0 Å². The van der Waals surface area contributed by atoms with Crippen LogP contribution in [0.5, 0.6) is 11.5 Å². The first-order valence-electron chi connectivity index (χ1n) is 11.5. The zero-order chi connectivity index (χ0) is 26.3. The fourth-order valence-electron chi connectivity index (χ4n) is 3.37. The van der Waals surface area contributed by atoms with E-state index in [2.05, 4.69) is 42.0 Å². The van der Waals surface area contributed by atoms with E-state index in [1.165, 1.54) is 6.08 Å². The van der Waals surface area contributed by atoms with Gasteiger partial charge in [0.1, 0.15) is 18.2 Å². The van der Waals surface area contributed by atoms with E-state index in [-0.39, 0.29) is 17.6 Å². The minimum Gasteiger partial charge on any atom is -0.490 e. The summed E-state index contributed by atoms with van der Waals surface area (Å²) in [5, 5.41) is 13.1. The van der Waals surface area contributed by atoms with Gasteiger partial charge >= 0.3 is 0 Å². The molecule has 1 amide bonds. The number of carbonyl (C=O) groups excluding carboxylic acids is 1. The van der Waals surface area contributed by atoms with E-state index in [0.29, 0.717) is 38.9 Å². The lowest BCUT2D eigenvalue weighted by Crippen LogP contribution is -2.14. The Kier molecular flexibility index (Phi) is 9.19. The third-order valence-electron chi connectivity index (χ3n) is 5.38. The predicted octanol–water partition coefficient (Wildman–Crippen LogP) is 7.92. The molecule has 3 aromatic carbocycles. The van der Waals surface area contributed by atoms with E-state index in [4.69, 9.17) is 21.1 Å². The molecule has 0 aromatic heterocycles. The zero-order valence-corrected chi connectivity index (χ0v) is 23.0. The fourth-order valence-corrected chi connectivity index (χ4v) is 4.00. The summed E-state index contributed by atoms with van der Waals surface area (Å²) < 4.78 is 12.4. The van der Waals surface area contributed by atoms with Crippen LogP contribution in [0.4, 0.5) is 5.69 Å². The Morgan fingerprint density at radius 2 is 1.75 bits per heavy atom. The van der Waals surface area contributed by atoms with Crippen LogP contribution >= 0.6 is 27.5 Å². The van der Waals surface area contributed by atoms with E-state index in [1.807, 2.05) is 55.5 Å². The summed E-state index contributed by atoms with van der Waals surface area (Å²) in [4.78, 5) is 12.8. The molecule has 3 aromatic rings. The van der Waals surface area contributed by atoms with E-state index < -0.39 is 5.91 Å². The van der Waals surface area contributed by atoms with Gasteiger partial charge in [0.2, 0.25) is 0 Å². The van der Waals surface area contributed by atoms with Gasteiger partial charge in [0, 0.05) is 20.7 Å². The van der Waals surface area contributed by atoms with Crippen LogP contribution in [0.2, 0.25) is 5.02 Å². The molecule has 1 N–H and O–H groups in total. The Labute approximate surface area is 225 Å². The maximum atomic E-state index is 12.8. The van der Waals surface area contributed by atoms with Gasteiger partial charge in [0.15, 0.2) is 11.5 Å². The molecule has 0 bridgehead atoms. The summed E-state index contributed by atoms with van der Waals surface area (Å²) in [7, 11) is 0. The molecule has 36 heavy (non-hydrogen) atoms. The standard InChI is InChI=1S/C29H28BrClN2O3/c1-5-35-26-15-20(24(30)16-27(26)36-18-19-8-6-7-9-25(19)31)14-21(17-32)28(34)33-23-12-10-22(11-13-23)29(2,3)4/h6-16H,5,18H2,1-4H3,(H,33,34)/b21-14+. The minimum atomic E-state index is -0.495. The highest BCUT2D eigenvalue weighted by molar-refractivity contribution is 9.10. The Morgan fingerprint density at radius 3 is 2.36 bits per heavy atom. The molecule has 186 valence electrons. The largest absolute Gasteiger partial charge is 0.490 e. The first-order chi connectivity index (χ1) is 17.1. The molecule has 0 saturated heterocycles. The second-order valence-electron chi connectivity index (χ2n) is 9.08. The van der Waals surface area contributed by atoms with Crippen molar-refractivity contribution in [3.8, 4) is 17.6 Å². The van der Waals surface area contributed by atoms with Crippen molar-refractivity contribution in [2.75, 3.05) is 11.9 Å². The van der Waals surface area contributed by atoms with Crippen LogP contribution in [0.15, 0.2) is 70.7 Å². The number of rotatable bonds is 8. The highest BCUT2D eigenvalue weighted by atomic mass is 79.9. The molecule has 0 aliphatic rings. The number of ether oxygens (including phenoxy) is 2. The number of amides is 1. The van der Waals surface area contributed by atoms with Crippen LogP contribution in [-0.4, -0.2) is 12.5 Å². The predicted molar refractivity (Wildman–Crippen MR) is 148 cm³/mol. The van der Waals surface area contributed by atoms with E-state index in [9.17, 15) is 10.1 Å². The molecule has 0 spiro atoms. The molecule has 7 heteroatoms. The second kappa shape index (κ2) is 12.1. The third-order valence-corrected chi connectivity index (χ3v) is 6.43. The maximum Gasteiger partial charge on any atom is 0.266 e. The quantitative estimate of drug-likeness (QED) is 0.222. The Hall–Kier alpha value is -3.27. The van der Waals surface area contributed by atoms with Crippen molar-refractivity contribution in [3.05, 3.63) is 92.4 Å². The zero-order valence-electron chi connectivity index (χ0n) is 20.7. The van der Waals surface area contributed by atoms with Crippen LogP contribution in [0, 0.1) is 11.3 Å². The first-order valence-corrected chi connectivity index (χ1v) is 12.7. The van der Waals surface area contributed by atoms with Gasteiger partial charge in [-0.2, -0.15) is 5.26 Å². The van der Waals surface area contributed by atoms with Crippen LogP contribution in [0.25, 0.3) is 6.08 Å². The Morgan fingerprint density at radius 1 is 1.08 bits per heavy atom. The summed E-state index contributed by atoms with van der Waals surface area (Å²) >= 11 is 9.77. The number of hydrogen-bond acceptors (Lipinski definition) is 4. The van der Waals surface area contributed by atoms with Gasteiger partial charge in [0.25, 0.3) is 5.91 Å². The molecule has 0 atom stereocenters. The number of hydrogen-bond donors (Lipinski definition) is 1. The van der Waals surface area contributed by atoms with Gasteiger partial charge in [-0.05, 0) is 59.9 Å². The summed E-state index contributed by atoms with van der Waals surface area (Å²) in [6.07, 6.45) is 1.52. The van der Waals surface area contributed by atoms with E-state index in [0.717, 1.165) is 11.1 Å². The summed E-state index contributed by atoms with van der Waals surface area (Å²) in [5.74, 6) is 0.516. The number of anilines is 1. The number of nitrogens with one attached hydrogen (secondary N) is 1. The lowest BCUT2D eigenvalue weighted by molar-refractivity contribution is -0.112. The Balaban J connectivity index is 1.82. The normalized spacial score (nSPS) is 11.5. The van der Waals surface area contributed by atoms with Crippen LogP contribution in [0.1, 0.15) is 44.4 Å². The van der Waals surface area contributed by atoms with Gasteiger partial charge in [-0.1, -0.05) is 78.6 Å². The highest BCUT2D eigenvalue weighted by Crippen LogP contribution is 2.36. The molecule has 0 unspecified atom stereocenters. The molecule has 0 aliphatic heterocycles. The molecular weight excluding hydrogens is 540 g/mol. The minimum absolute atomic E-state index is 0.00797. The van der Waals surface area contributed by atoms with Crippen LogP contribution < -0.4 is 14.8 Å². The highest BCUT2D eigenvalue weighted by Gasteiger charge is 2.16. The number of benzene rings is 3. The molecule has 0 aliphatic carbocycles. The van der Waals surface area contributed by atoms with Crippen LogP contribution in [-0.2, 0) is 16.8 Å².